The number of amides is 1. The second kappa shape index (κ2) is 8.92. The number of alkyl halides is 3. The number of benzene rings is 1. The Bertz CT molecular complexity index is 1270. The van der Waals surface area contributed by atoms with E-state index in [-0.39, 0.29) is 11.9 Å². The summed E-state index contributed by atoms with van der Waals surface area (Å²) in [4.78, 5) is 18.9. The number of fused-ring (bicyclic) bond motifs is 1. The summed E-state index contributed by atoms with van der Waals surface area (Å²) in [6.07, 6.45) is -1.10. The molecule has 0 saturated heterocycles. The summed E-state index contributed by atoms with van der Waals surface area (Å²) < 4.78 is 71.8. The topological polar surface area (TPSA) is 126 Å². The second-order valence-electron chi connectivity index (χ2n) is 7.29. The highest BCUT2D eigenvalue weighted by atomic mass is 32.3. The molecule has 3 aromatic rings. The lowest BCUT2D eigenvalue weighted by Crippen LogP contribution is -2.42. The van der Waals surface area contributed by atoms with Gasteiger partial charge >= 0.3 is 16.6 Å². The van der Waals surface area contributed by atoms with Crippen LogP contribution in [0.3, 0.4) is 0 Å². The van der Waals surface area contributed by atoms with Crippen LogP contribution in [-0.2, 0) is 16.6 Å². The van der Waals surface area contributed by atoms with Crippen molar-refractivity contribution in [3.63, 3.8) is 0 Å². The van der Waals surface area contributed by atoms with E-state index < -0.39 is 22.1 Å². The van der Waals surface area contributed by atoms with Crippen molar-refractivity contribution >= 4 is 22.0 Å². The van der Waals surface area contributed by atoms with Crippen molar-refractivity contribution in [3.8, 4) is 11.1 Å². The molecular weight excluding hydrogens is 465 g/mol. The van der Waals surface area contributed by atoms with Gasteiger partial charge in [0.2, 0.25) is 0 Å². The lowest BCUT2D eigenvalue weighted by molar-refractivity contribution is -0.137. The molecule has 0 bridgehead atoms. The Labute approximate surface area is 187 Å². The van der Waals surface area contributed by atoms with Gasteiger partial charge in [0.25, 0.3) is 5.91 Å². The first-order valence-electron chi connectivity index (χ1n) is 9.45. The summed E-state index contributed by atoms with van der Waals surface area (Å²) in [5.41, 5.74) is 2.42. The van der Waals surface area contributed by atoms with E-state index in [2.05, 4.69) is 10.1 Å². The summed E-state index contributed by atoms with van der Waals surface area (Å²) >= 11 is 0. The second-order valence-corrected chi connectivity index (χ2v) is 8.19. The van der Waals surface area contributed by atoms with Crippen molar-refractivity contribution in [2.45, 2.75) is 26.1 Å². The number of aryl methyl sites for hydroxylation is 1. The third kappa shape index (κ3) is 5.74. The van der Waals surface area contributed by atoms with E-state index in [0.29, 0.717) is 23.5 Å². The van der Waals surface area contributed by atoms with Crippen molar-refractivity contribution in [2.75, 3.05) is 11.4 Å². The van der Waals surface area contributed by atoms with Gasteiger partial charge in [0.1, 0.15) is 5.69 Å². The Balaban J connectivity index is 0.000000555. The SMILES string of the molecule is Cc1cc(-c2cnn3c2C(=O)N(c2ccc(C(F)(F)F)cc2)CC3C)ccn1.O=S(=O)(O)O. The third-order valence-corrected chi connectivity index (χ3v) is 4.82. The van der Waals surface area contributed by atoms with Crippen LogP contribution in [0.1, 0.15) is 34.7 Å². The predicted octanol–water partition coefficient (Wildman–Crippen LogP) is 3.84. The van der Waals surface area contributed by atoms with Gasteiger partial charge in [0, 0.05) is 29.7 Å². The van der Waals surface area contributed by atoms with Gasteiger partial charge in [-0.3, -0.25) is 23.6 Å². The lowest BCUT2D eigenvalue weighted by Gasteiger charge is -2.32. The fourth-order valence-corrected chi connectivity index (χ4v) is 3.44. The first kappa shape index (κ1) is 24.4. The van der Waals surface area contributed by atoms with Gasteiger partial charge < -0.3 is 4.90 Å². The molecule has 1 aliphatic rings. The Kier molecular flexibility index (Phi) is 6.58. The van der Waals surface area contributed by atoms with Crippen LogP contribution >= 0.6 is 0 Å². The van der Waals surface area contributed by atoms with Crippen LogP contribution in [0.4, 0.5) is 18.9 Å². The zero-order valence-corrected chi connectivity index (χ0v) is 18.2. The first-order chi connectivity index (χ1) is 15.3. The summed E-state index contributed by atoms with van der Waals surface area (Å²) in [6, 6.07) is 8.20. The normalized spacial score (nSPS) is 16.2. The summed E-state index contributed by atoms with van der Waals surface area (Å²) in [5.74, 6) is -0.292. The molecule has 13 heteroatoms. The third-order valence-electron chi connectivity index (χ3n) is 4.82. The number of pyridine rings is 1. The largest absolute Gasteiger partial charge is 0.416 e. The van der Waals surface area contributed by atoms with Gasteiger partial charge in [-0.05, 0) is 55.8 Å². The number of halogens is 3. The van der Waals surface area contributed by atoms with Crippen LogP contribution in [0.5, 0.6) is 0 Å². The van der Waals surface area contributed by atoms with Crippen LogP contribution in [0.25, 0.3) is 11.1 Å². The Morgan fingerprint density at radius 2 is 1.73 bits per heavy atom. The van der Waals surface area contributed by atoms with E-state index in [1.165, 1.54) is 17.0 Å². The first-order valence-corrected chi connectivity index (χ1v) is 10.8. The van der Waals surface area contributed by atoms with Gasteiger partial charge in [-0.2, -0.15) is 26.7 Å². The van der Waals surface area contributed by atoms with E-state index in [4.69, 9.17) is 17.5 Å². The summed E-state index contributed by atoms with van der Waals surface area (Å²) in [5, 5.41) is 4.37. The van der Waals surface area contributed by atoms with Crippen LogP contribution in [0.15, 0.2) is 48.8 Å². The van der Waals surface area contributed by atoms with E-state index in [1.807, 2.05) is 19.9 Å². The maximum Gasteiger partial charge on any atom is 0.416 e. The number of anilines is 1. The highest BCUT2D eigenvalue weighted by Gasteiger charge is 2.35. The molecule has 0 radical (unpaired) electrons. The molecule has 0 fully saturated rings. The van der Waals surface area contributed by atoms with E-state index >= 15 is 0 Å². The van der Waals surface area contributed by atoms with Crippen molar-refractivity contribution in [2.24, 2.45) is 0 Å². The molecule has 1 unspecified atom stereocenters. The Morgan fingerprint density at radius 1 is 1.12 bits per heavy atom. The van der Waals surface area contributed by atoms with E-state index in [9.17, 15) is 18.0 Å². The molecule has 1 aromatic carbocycles. The highest BCUT2D eigenvalue weighted by molar-refractivity contribution is 7.79. The standard InChI is InChI=1S/C20H17F3N4O.H2O4S/c1-12-9-14(7-8-24-12)17-10-25-27-13(2)11-26(19(28)18(17)27)16-5-3-15(4-6-16)20(21,22)23;1-5(2,3)4/h3-10,13H,11H2,1-2H3;(H2,1,2,3,4). The molecule has 1 atom stereocenters. The molecule has 3 heterocycles. The molecule has 9 nitrogen and oxygen atoms in total. The van der Waals surface area contributed by atoms with Crippen molar-refractivity contribution in [1.29, 1.82) is 0 Å². The van der Waals surface area contributed by atoms with Crippen LogP contribution < -0.4 is 4.90 Å². The number of rotatable bonds is 2. The molecule has 33 heavy (non-hydrogen) atoms. The van der Waals surface area contributed by atoms with Gasteiger partial charge in [0.15, 0.2) is 0 Å². The van der Waals surface area contributed by atoms with Gasteiger partial charge in [-0.1, -0.05) is 0 Å². The molecular formula is C20H19F3N4O5S. The van der Waals surface area contributed by atoms with Gasteiger partial charge in [-0.25, -0.2) is 0 Å². The molecule has 176 valence electrons. The lowest BCUT2D eigenvalue weighted by atomic mass is 10.0. The minimum Gasteiger partial charge on any atom is -0.305 e. The molecule has 0 aliphatic carbocycles. The molecule has 1 amide bonds. The fraction of sp³-hybridized carbons (Fsp3) is 0.250. The number of carbonyl (C=O) groups is 1. The number of aromatic nitrogens is 3. The summed E-state index contributed by atoms with van der Waals surface area (Å²) in [7, 11) is -4.67. The number of nitrogens with zero attached hydrogens (tertiary/aromatic N) is 4. The minimum absolute atomic E-state index is 0.119. The maximum absolute atomic E-state index is 13.2. The smallest absolute Gasteiger partial charge is 0.305 e. The van der Waals surface area contributed by atoms with Crippen molar-refractivity contribution < 1.29 is 35.5 Å². The molecule has 0 spiro atoms. The fourth-order valence-electron chi connectivity index (χ4n) is 3.44. The van der Waals surface area contributed by atoms with Gasteiger partial charge in [-0.15, -0.1) is 0 Å². The monoisotopic (exact) mass is 484 g/mol. The molecule has 4 rings (SSSR count). The molecule has 1 aliphatic heterocycles. The predicted molar refractivity (Wildman–Crippen MR) is 112 cm³/mol. The average molecular weight is 484 g/mol. The number of hydrogen-bond acceptors (Lipinski definition) is 5. The van der Waals surface area contributed by atoms with Crippen molar-refractivity contribution in [1.82, 2.24) is 14.8 Å². The average Bonchev–Trinajstić information content (AvgIpc) is 3.15. The number of hydrogen-bond donors (Lipinski definition) is 2. The minimum atomic E-state index is -4.67. The van der Waals surface area contributed by atoms with Gasteiger partial charge in [0.05, 0.1) is 17.8 Å². The zero-order valence-electron chi connectivity index (χ0n) is 17.4. The summed E-state index contributed by atoms with van der Waals surface area (Å²) in [6.45, 7) is 4.10. The quantitative estimate of drug-likeness (QED) is 0.530. The zero-order chi connectivity index (χ0) is 24.6. The number of carbonyl (C=O) groups excluding carboxylic acids is 1. The maximum atomic E-state index is 13.2. The Hall–Kier alpha value is -3.29. The van der Waals surface area contributed by atoms with Crippen molar-refractivity contribution in [3.05, 3.63) is 65.7 Å². The highest BCUT2D eigenvalue weighted by Crippen LogP contribution is 2.34. The molecule has 2 aromatic heterocycles. The molecule has 2 N–H and O–H groups in total. The van der Waals surface area contributed by atoms with Crippen LogP contribution in [0.2, 0.25) is 0 Å². The molecule has 0 saturated carbocycles. The van der Waals surface area contributed by atoms with E-state index in [0.717, 1.165) is 23.4 Å². The Morgan fingerprint density at radius 3 is 2.27 bits per heavy atom. The van der Waals surface area contributed by atoms with Crippen LogP contribution in [0, 0.1) is 6.92 Å². The van der Waals surface area contributed by atoms with E-state index in [1.54, 1.807) is 23.1 Å². The van der Waals surface area contributed by atoms with Crippen LogP contribution in [-0.4, -0.2) is 44.7 Å².